The lowest BCUT2D eigenvalue weighted by Crippen LogP contribution is -2.30. The van der Waals surface area contributed by atoms with Crippen molar-refractivity contribution in [3.05, 3.63) is 27.9 Å². The number of rotatable bonds is 5. The second-order valence-corrected chi connectivity index (χ2v) is 4.93. The smallest absolute Gasteiger partial charge is 0.314 e. The van der Waals surface area contributed by atoms with E-state index in [4.69, 9.17) is 11.6 Å². The number of halogens is 1. The van der Waals surface area contributed by atoms with Gasteiger partial charge in [-0.1, -0.05) is 18.5 Å². The summed E-state index contributed by atoms with van der Waals surface area (Å²) in [4.78, 5) is 15.1. The molecular weight excluding hydrogens is 226 g/mol. The molecule has 1 N–H and O–H groups in total. The third kappa shape index (κ3) is 3.32. The van der Waals surface area contributed by atoms with Crippen LogP contribution in [0.3, 0.4) is 0 Å². The topological polar surface area (TPSA) is 46.9 Å². The molecule has 88 valence electrons. The van der Waals surface area contributed by atoms with Crippen LogP contribution in [-0.4, -0.2) is 22.1 Å². The second kappa shape index (κ2) is 4.97. The van der Waals surface area contributed by atoms with E-state index < -0.39 is 0 Å². The van der Waals surface area contributed by atoms with Gasteiger partial charge in [0.15, 0.2) is 0 Å². The molecule has 0 aromatic carbocycles. The van der Waals surface area contributed by atoms with Gasteiger partial charge in [0, 0.05) is 18.8 Å². The molecule has 0 aliphatic heterocycles. The van der Waals surface area contributed by atoms with Crippen molar-refractivity contribution in [3.8, 4) is 0 Å². The first-order chi connectivity index (χ1) is 7.65. The second-order valence-electron chi connectivity index (χ2n) is 4.49. The van der Waals surface area contributed by atoms with Crippen molar-refractivity contribution in [2.24, 2.45) is 5.92 Å². The zero-order chi connectivity index (χ0) is 11.5. The Morgan fingerprint density at radius 3 is 3.12 bits per heavy atom. The predicted octanol–water partition coefficient (Wildman–Crippen LogP) is 1.28. The average Bonchev–Trinajstić information content (AvgIpc) is 3.04. The molecule has 1 aromatic rings. The zero-order valence-corrected chi connectivity index (χ0v) is 10.1. The van der Waals surface area contributed by atoms with Crippen LogP contribution in [0.5, 0.6) is 0 Å². The van der Waals surface area contributed by atoms with Crippen LogP contribution in [0.4, 0.5) is 0 Å². The Hall–Kier alpha value is -0.870. The minimum absolute atomic E-state index is 0.234. The molecule has 4 nitrogen and oxygen atoms in total. The van der Waals surface area contributed by atoms with E-state index in [2.05, 4.69) is 17.2 Å². The molecule has 0 bridgehead atoms. The molecule has 5 heteroatoms. The van der Waals surface area contributed by atoms with Crippen molar-refractivity contribution in [1.82, 2.24) is 14.9 Å². The van der Waals surface area contributed by atoms with Gasteiger partial charge in [0.1, 0.15) is 0 Å². The Labute approximate surface area is 99.6 Å². The van der Waals surface area contributed by atoms with E-state index in [0.717, 1.165) is 6.54 Å². The maximum Gasteiger partial charge on any atom is 0.347 e. The molecule has 0 spiro atoms. The van der Waals surface area contributed by atoms with Gasteiger partial charge in [-0.05, 0) is 25.3 Å². The van der Waals surface area contributed by atoms with E-state index >= 15 is 0 Å². The highest BCUT2D eigenvalue weighted by molar-refractivity contribution is 6.30. The molecule has 1 unspecified atom stereocenters. The molecule has 16 heavy (non-hydrogen) atoms. The fourth-order valence-electron chi connectivity index (χ4n) is 1.61. The highest BCUT2D eigenvalue weighted by Gasteiger charge is 2.20. The minimum atomic E-state index is -0.234. The summed E-state index contributed by atoms with van der Waals surface area (Å²) in [6.07, 6.45) is 5.59. The van der Waals surface area contributed by atoms with Gasteiger partial charge in [-0.15, -0.1) is 0 Å². The summed E-state index contributed by atoms with van der Waals surface area (Å²) in [5.41, 5.74) is -0.234. The molecule has 1 saturated carbocycles. The highest BCUT2D eigenvalue weighted by atomic mass is 35.5. The van der Waals surface area contributed by atoms with Gasteiger partial charge in [-0.3, -0.25) is 4.57 Å². The Bertz CT molecular complexity index is 414. The van der Waals surface area contributed by atoms with E-state index in [-0.39, 0.29) is 5.69 Å². The summed E-state index contributed by atoms with van der Waals surface area (Å²) in [6, 6.07) is 0.705. The monoisotopic (exact) mass is 241 g/mol. The van der Waals surface area contributed by atoms with Crippen molar-refractivity contribution < 1.29 is 0 Å². The quantitative estimate of drug-likeness (QED) is 0.845. The summed E-state index contributed by atoms with van der Waals surface area (Å²) >= 11 is 5.80. The molecule has 1 aliphatic rings. The number of hydrogen-bond acceptors (Lipinski definition) is 3. The largest absolute Gasteiger partial charge is 0.347 e. The molecule has 1 heterocycles. The van der Waals surface area contributed by atoms with Gasteiger partial charge < -0.3 is 5.32 Å². The van der Waals surface area contributed by atoms with E-state index in [0.29, 0.717) is 23.5 Å². The lowest BCUT2D eigenvalue weighted by atomic mass is 10.2. The van der Waals surface area contributed by atoms with Gasteiger partial charge in [-0.2, -0.15) is 0 Å². The molecular formula is C11H16ClN3O. The Morgan fingerprint density at radius 2 is 2.44 bits per heavy atom. The SMILES string of the molecule is CC(CNC1CC1)Cn1cc(Cl)cnc1=O. The van der Waals surface area contributed by atoms with E-state index in [9.17, 15) is 4.79 Å². The normalized spacial score (nSPS) is 17.4. The Morgan fingerprint density at radius 1 is 1.69 bits per heavy atom. The van der Waals surface area contributed by atoms with Crippen LogP contribution in [0.25, 0.3) is 0 Å². The molecule has 1 aromatic heterocycles. The maximum atomic E-state index is 11.4. The summed E-state index contributed by atoms with van der Waals surface area (Å²) in [7, 11) is 0. The third-order valence-electron chi connectivity index (χ3n) is 2.66. The van der Waals surface area contributed by atoms with Crippen molar-refractivity contribution in [2.45, 2.75) is 32.4 Å². The first-order valence-corrected chi connectivity index (χ1v) is 5.98. The summed E-state index contributed by atoms with van der Waals surface area (Å²) in [6.45, 7) is 3.71. The summed E-state index contributed by atoms with van der Waals surface area (Å²) < 4.78 is 1.57. The number of nitrogens with one attached hydrogen (secondary N) is 1. The lowest BCUT2D eigenvalue weighted by Gasteiger charge is -2.13. The maximum absolute atomic E-state index is 11.4. The average molecular weight is 242 g/mol. The first kappa shape index (κ1) is 11.6. The van der Waals surface area contributed by atoms with E-state index in [1.807, 2.05) is 0 Å². The van der Waals surface area contributed by atoms with Crippen molar-refractivity contribution in [3.63, 3.8) is 0 Å². The molecule has 0 amide bonds. The van der Waals surface area contributed by atoms with Gasteiger partial charge in [0.25, 0.3) is 0 Å². The fourth-order valence-corrected chi connectivity index (χ4v) is 1.78. The van der Waals surface area contributed by atoms with Gasteiger partial charge >= 0.3 is 5.69 Å². The molecule has 2 rings (SSSR count). The van der Waals surface area contributed by atoms with E-state index in [1.165, 1.54) is 19.0 Å². The lowest BCUT2D eigenvalue weighted by molar-refractivity contribution is 0.433. The number of nitrogens with zero attached hydrogens (tertiary/aromatic N) is 2. The number of hydrogen-bond donors (Lipinski definition) is 1. The van der Waals surface area contributed by atoms with Gasteiger partial charge in [0.05, 0.1) is 11.2 Å². The van der Waals surface area contributed by atoms with E-state index in [1.54, 1.807) is 10.8 Å². The standard InChI is InChI=1S/C11H16ClN3O/c1-8(4-13-10-2-3-10)6-15-7-9(12)5-14-11(15)16/h5,7-8,10,13H,2-4,6H2,1H3. The van der Waals surface area contributed by atoms with Crippen LogP contribution in [0.15, 0.2) is 17.2 Å². The molecule has 1 atom stereocenters. The minimum Gasteiger partial charge on any atom is -0.314 e. The van der Waals surface area contributed by atoms with Crippen LogP contribution >= 0.6 is 11.6 Å². The summed E-state index contributed by atoms with van der Waals surface area (Å²) in [5, 5.41) is 3.94. The Balaban J connectivity index is 1.90. The van der Waals surface area contributed by atoms with Crippen LogP contribution in [0, 0.1) is 5.92 Å². The van der Waals surface area contributed by atoms with Crippen LogP contribution < -0.4 is 11.0 Å². The van der Waals surface area contributed by atoms with Crippen molar-refractivity contribution in [1.29, 1.82) is 0 Å². The van der Waals surface area contributed by atoms with Crippen LogP contribution in [-0.2, 0) is 6.54 Å². The van der Waals surface area contributed by atoms with Crippen LogP contribution in [0.2, 0.25) is 5.02 Å². The molecule has 0 radical (unpaired) electrons. The molecule has 0 saturated heterocycles. The zero-order valence-electron chi connectivity index (χ0n) is 9.32. The summed E-state index contributed by atoms with van der Waals surface area (Å²) in [5.74, 6) is 0.401. The Kier molecular flexibility index (Phi) is 3.61. The highest BCUT2D eigenvalue weighted by Crippen LogP contribution is 2.18. The van der Waals surface area contributed by atoms with Gasteiger partial charge in [0.2, 0.25) is 0 Å². The number of aromatic nitrogens is 2. The first-order valence-electron chi connectivity index (χ1n) is 5.60. The molecule has 1 fully saturated rings. The molecule has 1 aliphatic carbocycles. The predicted molar refractivity (Wildman–Crippen MR) is 63.7 cm³/mol. The van der Waals surface area contributed by atoms with Crippen LogP contribution in [0.1, 0.15) is 19.8 Å². The van der Waals surface area contributed by atoms with Crippen molar-refractivity contribution >= 4 is 11.6 Å². The van der Waals surface area contributed by atoms with Gasteiger partial charge in [-0.25, -0.2) is 9.78 Å². The fraction of sp³-hybridized carbons (Fsp3) is 0.636. The van der Waals surface area contributed by atoms with Crippen molar-refractivity contribution in [2.75, 3.05) is 6.54 Å². The third-order valence-corrected chi connectivity index (χ3v) is 2.86.